The monoisotopic (exact) mass is 347 g/mol. The molecule has 0 bridgehead atoms. The molecular weight excluding hydrogens is 318 g/mol. The lowest BCUT2D eigenvalue weighted by Gasteiger charge is -2.45. The van der Waals surface area contributed by atoms with Crippen LogP contribution in [-0.2, 0) is 16.0 Å². The van der Waals surface area contributed by atoms with Gasteiger partial charge in [-0.25, -0.2) is 0 Å². The normalized spacial score (nSPS) is 27.8. The zero-order valence-electron chi connectivity index (χ0n) is 15.0. The number of likely N-dealkylation sites (N-methyl/N-ethyl adjacent to an activating group) is 1. The second-order valence-corrected chi connectivity index (χ2v) is 7.07. The fraction of sp³-hybridized carbons (Fsp3) is 0.684. The molecule has 1 N–H and O–H groups in total. The number of aryl methyl sites for hydroxylation is 1. The smallest absolute Gasteiger partial charge is 0.222 e. The fourth-order valence-corrected chi connectivity index (χ4v) is 4.02. The van der Waals surface area contributed by atoms with E-state index < -0.39 is 6.10 Å². The molecule has 6 nitrogen and oxygen atoms in total. The van der Waals surface area contributed by atoms with E-state index >= 15 is 0 Å². The van der Waals surface area contributed by atoms with Crippen molar-refractivity contribution in [3.63, 3.8) is 0 Å². The van der Waals surface area contributed by atoms with Crippen LogP contribution >= 0.6 is 0 Å². The van der Waals surface area contributed by atoms with Gasteiger partial charge >= 0.3 is 0 Å². The lowest BCUT2D eigenvalue weighted by Crippen LogP contribution is -2.58. The van der Waals surface area contributed by atoms with E-state index in [-0.39, 0.29) is 18.0 Å². The minimum Gasteiger partial charge on any atom is -0.389 e. The molecule has 2 fully saturated rings. The first-order valence-corrected chi connectivity index (χ1v) is 9.31. The molecule has 1 amide bonds. The number of pyridine rings is 1. The summed E-state index contributed by atoms with van der Waals surface area (Å²) in [6.07, 6.45) is 7.11. The summed E-state index contributed by atoms with van der Waals surface area (Å²) >= 11 is 0. The van der Waals surface area contributed by atoms with Gasteiger partial charge < -0.3 is 14.7 Å². The summed E-state index contributed by atoms with van der Waals surface area (Å²) in [5.74, 6) is 0.0931. The zero-order valence-corrected chi connectivity index (χ0v) is 15.0. The third-order valence-corrected chi connectivity index (χ3v) is 5.54. The Morgan fingerprint density at radius 2 is 2.20 bits per heavy atom. The SMILES string of the molecule is CN(C(=O)CCc1cccnc1)[C@@H]1CCC[C@@H](N2CCOCC2)[C@@H]1O. The van der Waals surface area contributed by atoms with Gasteiger partial charge in [0.25, 0.3) is 0 Å². The maximum Gasteiger partial charge on any atom is 0.222 e. The molecule has 138 valence electrons. The molecule has 3 rings (SSSR count). The van der Waals surface area contributed by atoms with Crippen LogP contribution in [0.3, 0.4) is 0 Å². The van der Waals surface area contributed by atoms with Crippen LogP contribution in [0.1, 0.15) is 31.2 Å². The number of rotatable bonds is 5. The third-order valence-electron chi connectivity index (χ3n) is 5.54. The van der Waals surface area contributed by atoms with Crippen molar-refractivity contribution in [2.75, 3.05) is 33.4 Å². The number of aromatic nitrogens is 1. The lowest BCUT2D eigenvalue weighted by atomic mass is 9.86. The lowest BCUT2D eigenvalue weighted by molar-refractivity contribution is -0.138. The van der Waals surface area contributed by atoms with Crippen molar-refractivity contribution in [1.29, 1.82) is 0 Å². The Bertz CT molecular complexity index is 548. The standard InChI is InChI=1S/C19H29N3O3/c1-21(18(23)8-7-15-4-3-9-20-14-15)16-5-2-6-17(19(16)24)22-10-12-25-13-11-22/h3-4,9,14,16-17,19,24H,2,5-8,10-13H2,1H3/t16-,17-,19-/m1/s1. The van der Waals surface area contributed by atoms with Gasteiger partial charge in [0.2, 0.25) is 5.91 Å². The van der Waals surface area contributed by atoms with E-state index in [4.69, 9.17) is 4.74 Å². The van der Waals surface area contributed by atoms with Gasteiger partial charge in [0, 0.05) is 45.0 Å². The molecule has 0 unspecified atom stereocenters. The Kier molecular flexibility index (Phi) is 6.39. The molecule has 1 saturated heterocycles. The zero-order chi connectivity index (χ0) is 17.6. The Morgan fingerprint density at radius 3 is 2.92 bits per heavy atom. The van der Waals surface area contributed by atoms with E-state index in [1.807, 2.05) is 19.2 Å². The van der Waals surface area contributed by atoms with Gasteiger partial charge in [-0.2, -0.15) is 0 Å². The molecule has 0 radical (unpaired) electrons. The Labute approximate surface area is 149 Å². The molecule has 1 aliphatic carbocycles. The number of aliphatic hydroxyl groups excluding tert-OH is 1. The first kappa shape index (κ1) is 18.3. The average Bonchev–Trinajstić information content (AvgIpc) is 2.67. The predicted octanol–water partition coefficient (Wildman–Crippen LogP) is 1.09. The Hall–Kier alpha value is -1.50. The van der Waals surface area contributed by atoms with Gasteiger partial charge in [-0.3, -0.25) is 14.7 Å². The number of nitrogens with zero attached hydrogens (tertiary/aromatic N) is 3. The topological polar surface area (TPSA) is 65.9 Å². The number of ether oxygens (including phenoxy) is 1. The van der Waals surface area contributed by atoms with Crippen LogP contribution in [0.5, 0.6) is 0 Å². The van der Waals surface area contributed by atoms with Crippen LogP contribution in [0.15, 0.2) is 24.5 Å². The Morgan fingerprint density at radius 1 is 1.40 bits per heavy atom. The van der Waals surface area contributed by atoms with E-state index in [0.717, 1.165) is 51.1 Å². The number of amides is 1. The van der Waals surface area contributed by atoms with Crippen LogP contribution in [0, 0.1) is 0 Å². The molecule has 0 aromatic carbocycles. The van der Waals surface area contributed by atoms with Gasteiger partial charge in [0.1, 0.15) is 0 Å². The molecule has 6 heteroatoms. The second-order valence-electron chi connectivity index (χ2n) is 7.07. The van der Waals surface area contributed by atoms with Crippen molar-refractivity contribution < 1.29 is 14.6 Å². The molecule has 3 atom stereocenters. The van der Waals surface area contributed by atoms with E-state index in [1.165, 1.54) is 0 Å². The van der Waals surface area contributed by atoms with Crippen LogP contribution in [0.2, 0.25) is 0 Å². The second kappa shape index (κ2) is 8.74. The Balaban J connectivity index is 1.56. The van der Waals surface area contributed by atoms with Gasteiger partial charge in [-0.05, 0) is 37.3 Å². The first-order chi connectivity index (χ1) is 12.2. The van der Waals surface area contributed by atoms with Crippen molar-refractivity contribution in [3.8, 4) is 0 Å². The van der Waals surface area contributed by atoms with E-state index in [2.05, 4.69) is 9.88 Å². The summed E-state index contributed by atoms with van der Waals surface area (Å²) in [6.45, 7) is 3.20. The summed E-state index contributed by atoms with van der Waals surface area (Å²) in [5, 5.41) is 10.9. The van der Waals surface area contributed by atoms with Gasteiger partial charge in [0.05, 0.1) is 25.4 Å². The quantitative estimate of drug-likeness (QED) is 0.864. The first-order valence-electron chi connectivity index (χ1n) is 9.31. The summed E-state index contributed by atoms with van der Waals surface area (Å²) in [7, 11) is 1.83. The number of hydrogen-bond donors (Lipinski definition) is 1. The van der Waals surface area contributed by atoms with Crippen LogP contribution in [0.25, 0.3) is 0 Å². The van der Waals surface area contributed by atoms with Crippen LogP contribution < -0.4 is 0 Å². The van der Waals surface area contributed by atoms with E-state index in [1.54, 1.807) is 17.3 Å². The highest BCUT2D eigenvalue weighted by Crippen LogP contribution is 2.27. The highest BCUT2D eigenvalue weighted by Gasteiger charge is 2.38. The minimum absolute atomic E-state index is 0.0931. The van der Waals surface area contributed by atoms with Gasteiger partial charge in [0.15, 0.2) is 0 Å². The third kappa shape index (κ3) is 4.57. The van der Waals surface area contributed by atoms with Crippen LogP contribution in [-0.4, -0.2) is 77.3 Å². The molecule has 2 aliphatic rings. The van der Waals surface area contributed by atoms with Gasteiger partial charge in [-0.1, -0.05) is 6.07 Å². The maximum atomic E-state index is 12.6. The van der Waals surface area contributed by atoms with E-state index in [9.17, 15) is 9.90 Å². The predicted molar refractivity (Wildman–Crippen MR) is 95.2 cm³/mol. The highest BCUT2D eigenvalue weighted by atomic mass is 16.5. The molecule has 1 aromatic rings. The summed E-state index contributed by atoms with van der Waals surface area (Å²) in [6, 6.07) is 3.92. The number of carbonyl (C=O) groups excluding carboxylic acids is 1. The summed E-state index contributed by atoms with van der Waals surface area (Å²) in [4.78, 5) is 20.8. The molecule has 1 aliphatic heterocycles. The van der Waals surface area contributed by atoms with Crippen molar-refractivity contribution in [1.82, 2.24) is 14.8 Å². The van der Waals surface area contributed by atoms with Crippen molar-refractivity contribution in [2.24, 2.45) is 0 Å². The number of morpholine rings is 1. The molecular formula is C19H29N3O3. The van der Waals surface area contributed by atoms with Crippen molar-refractivity contribution in [2.45, 2.75) is 50.3 Å². The van der Waals surface area contributed by atoms with Crippen molar-refractivity contribution in [3.05, 3.63) is 30.1 Å². The van der Waals surface area contributed by atoms with Crippen molar-refractivity contribution >= 4 is 5.91 Å². The molecule has 2 heterocycles. The largest absolute Gasteiger partial charge is 0.389 e. The molecule has 1 aromatic heterocycles. The minimum atomic E-state index is -0.487. The summed E-state index contributed by atoms with van der Waals surface area (Å²) in [5.41, 5.74) is 1.07. The number of carbonyl (C=O) groups is 1. The maximum absolute atomic E-state index is 12.6. The molecule has 0 spiro atoms. The fourth-order valence-electron chi connectivity index (χ4n) is 4.02. The molecule has 25 heavy (non-hydrogen) atoms. The highest BCUT2D eigenvalue weighted by molar-refractivity contribution is 5.76. The summed E-state index contributed by atoms with van der Waals surface area (Å²) < 4.78 is 5.42. The van der Waals surface area contributed by atoms with Gasteiger partial charge in [-0.15, -0.1) is 0 Å². The molecule has 1 saturated carbocycles. The van der Waals surface area contributed by atoms with Crippen LogP contribution in [0.4, 0.5) is 0 Å². The average molecular weight is 347 g/mol. The number of aliphatic hydroxyl groups is 1. The van der Waals surface area contributed by atoms with E-state index in [0.29, 0.717) is 12.8 Å². The number of hydrogen-bond acceptors (Lipinski definition) is 5.